The summed E-state index contributed by atoms with van der Waals surface area (Å²) < 4.78 is 0. The Hall–Kier alpha value is -1.84. The molecule has 0 aromatic heterocycles. The fraction of sp³-hybridized carbons (Fsp3) is 0.385. The number of aliphatic carboxylic acids is 1. The van der Waals surface area contributed by atoms with Crippen molar-refractivity contribution in [1.29, 1.82) is 0 Å². The second-order valence-corrected chi connectivity index (χ2v) is 4.39. The largest absolute Gasteiger partial charge is 0.481 e. The molecular formula is C13H15NO3. The molecule has 0 unspecified atom stereocenters. The van der Waals surface area contributed by atoms with Crippen LogP contribution in [-0.2, 0) is 9.59 Å². The molecule has 1 aromatic carbocycles. The van der Waals surface area contributed by atoms with Gasteiger partial charge in [-0.3, -0.25) is 9.59 Å². The van der Waals surface area contributed by atoms with E-state index in [4.69, 9.17) is 0 Å². The average molecular weight is 233 g/mol. The molecule has 4 nitrogen and oxygen atoms in total. The van der Waals surface area contributed by atoms with Crippen molar-refractivity contribution in [3.05, 3.63) is 35.4 Å². The summed E-state index contributed by atoms with van der Waals surface area (Å²) in [7, 11) is 0. The van der Waals surface area contributed by atoms with Crippen LogP contribution in [0.3, 0.4) is 0 Å². The normalized spacial score (nSPS) is 24.2. The standard InChI is InChI=1S/C13H15NO3/c1-8-4-2-3-5-9(8)12-10(13(16)17)6-7-11(15)14-12/h2-5,10,12H,6-7H2,1H3,(H,14,15)(H,16,17)/t10-,12+/m0/s1. The van der Waals surface area contributed by atoms with Gasteiger partial charge in [0.2, 0.25) is 5.91 Å². The molecule has 1 fully saturated rings. The molecular weight excluding hydrogens is 218 g/mol. The number of amides is 1. The van der Waals surface area contributed by atoms with E-state index in [9.17, 15) is 14.7 Å². The molecule has 0 saturated carbocycles. The predicted molar refractivity (Wildman–Crippen MR) is 62.4 cm³/mol. The van der Waals surface area contributed by atoms with E-state index in [2.05, 4.69) is 5.32 Å². The van der Waals surface area contributed by atoms with Crippen LogP contribution in [0.1, 0.15) is 30.0 Å². The number of carbonyl (C=O) groups is 2. The zero-order valence-electron chi connectivity index (χ0n) is 9.64. The molecule has 1 aliphatic rings. The van der Waals surface area contributed by atoms with Crippen LogP contribution < -0.4 is 5.32 Å². The number of nitrogens with one attached hydrogen (secondary N) is 1. The molecule has 1 saturated heterocycles. The number of aryl methyl sites for hydroxylation is 1. The second-order valence-electron chi connectivity index (χ2n) is 4.39. The van der Waals surface area contributed by atoms with Gasteiger partial charge in [-0.2, -0.15) is 0 Å². The Kier molecular flexibility index (Phi) is 3.13. The lowest BCUT2D eigenvalue weighted by molar-refractivity contribution is -0.145. The van der Waals surface area contributed by atoms with E-state index < -0.39 is 17.9 Å². The molecule has 2 rings (SSSR count). The first kappa shape index (κ1) is 11.6. The van der Waals surface area contributed by atoms with Crippen molar-refractivity contribution in [3.8, 4) is 0 Å². The zero-order chi connectivity index (χ0) is 12.4. The summed E-state index contributed by atoms with van der Waals surface area (Å²) in [5, 5.41) is 12.0. The second kappa shape index (κ2) is 4.57. The summed E-state index contributed by atoms with van der Waals surface area (Å²) in [6.07, 6.45) is 0.694. The fourth-order valence-electron chi connectivity index (χ4n) is 2.30. The van der Waals surface area contributed by atoms with Gasteiger partial charge in [0, 0.05) is 6.42 Å². The van der Waals surface area contributed by atoms with Gasteiger partial charge in [-0.05, 0) is 24.5 Å². The Bertz CT molecular complexity index is 456. The lowest BCUT2D eigenvalue weighted by Gasteiger charge is -2.30. The lowest BCUT2D eigenvalue weighted by atomic mass is 9.84. The first-order valence-corrected chi connectivity index (χ1v) is 5.67. The zero-order valence-corrected chi connectivity index (χ0v) is 9.64. The third-order valence-corrected chi connectivity index (χ3v) is 3.24. The van der Waals surface area contributed by atoms with E-state index in [1.807, 2.05) is 31.2 Å². The number of carbonyl (C=O) groups excluding carboxylic acids is 1. The minimum absolute atomic E-state index is 0.0734. The van der Waals surface area contributed by atoms with Crippen LogP contribution in [0.25, 0.3) is 0 Å². The number of hydrogen-bond acceptors (Lipinski definition) is 2. The van der Waals surface area contributed by atoms with Crippen molar-refractivity contribution < 1.29 is 14.7 Å². The Morgan fingerprint density at radius 3 is 2.76 bits per heavy atom. The smallest absolute Gasteiger partial charge is 0.308 e. The number of hydrogen-bond donors (Lipinski definition) is 2. The highest BCUT2D eigenvalue weighted by atomic mass is 16.4. The van der Waals surface area contributed by atoms with Gasteiger partial charge in [0.05, 0.1) is 12.0 Å². The van der Waals surface area contributed by atoms with Crippen molar-refractivity contribution in [2.45, 2.75) is 25.8 Å². The van der Waals surface area contributed by atoms with Gasteiger partial charge in [0.1, 0.15) is 0 Å². The summed E-state index contributed by atoms with van der Waals surface area (Å²) in [6.45, 7) is 1.93. The molecule has 1 amide bonds. The van der Waals surface area contributed by atoms with E-state index in [0.29, 0.717) is 12.8 Å². The summed E-state index contributed by atoms with van der Waals surface area (Å²) in [4.78, 5) is 22.6. The quantitative estimate of drug-likeness (QED) is 0.816. The van der Waals surface area contributed by atoms with Gasteiger partial charge in [-0.1, -0.05) is 24.3 Å². The molecule has 17 heavy (non-hydrogen) atoms. The molecule has 2 atom stereocenters. The van der Waals surface area contributed by atoms with Gasteiger partial charge < -0.3 is 10.4 Å². The van der Waals surface area contributed by atoms with Crippen molar-refractivity contribution in [2.24, 2.45) is 5.92 Å². The summed E-state index contributed by atoms with van der Waals surface area (Å²) >= 11 is 0. The number of piperidine rings is 1. The number of carboxylic acids is 1. The van der Waals surface area contributed by atoms with E-state index >= 15 is 0 Å². The Labute approximate surface area is 99.6 Å². The molecule has 2 N–H and O–H groups in total. The molecule has 0 aliphatic carbocycles. The summed E-state index contributed by atoms with van der Waals surface area (Å²) in [5.41, 5.74) is 1.90. The van der Waals surface area contributed by atoms with Crippen LogP contribution in [0.4, 0.5) is 0 Å². The van der Waals surface area contributed by atoms with Crippen LogP contribution in [0.5, 0.6) is 0 Å². The van der Waals surface area contributed by atoms with Gasteiger partial charge in [0.25, 0.3) is 0 Å². The first-order valence-electron chi connectivity index (χ1n) is 5.67. The number of carboxylic acid groups (broad SMARTS) is 1. The van der Waals surface area contributed by atoms with Crippen molar-refractivity contribution in [2.75, 3.05) is 0 Å². The van der Waals surface area contributed by atoms with E-state index in [1.165, 1.54) is 0 Å². The highest BCUT2D eigenvalue weighted by Crippen LogP contribution is 2.31. The fourth-order valence-corrected chi connectivity index (χ4v) is 2.30. The van der Waals surface area contributed by atoms with Crippen molar-refractivity contribution in [3.63, 3.8) is 0 Å². The SMILES string of the molecule is Cc1ccccc1[C@H]1NC(=O)CC[C@@H]1C(=O)O. The van der Waals surface area contributed by atoms with E-state index in [0.717, 1.165) is 11.1 Å². The first-order chi connectivity index (χ1) is 8.09. The lowest BCUT2D eigenvalue weighted by Crippen LogP contribution is -2.41. The maximum absolute atomic E-state index is 11.4. The third-order valence-electron chi connectivity index (χ3n) is 3.24. The molecule has 0 radical (unpaired) electrons. The molecule has 0 bridgehead atoms. The Balaban J connectivity index is 2.35. The molecule has 0 spiro atoms. The maximum Gasteiger partial charge on any atom is 0.308 e. The Morgan fingerprint density at radius 1 is 1.41 bits per heavy atom. The van der Waals surface area contributed by atoms with Crippen molar-refractivity contribution in [1.82, 2.24) is 5.32 Å². The van der Waals surface area contributed by atoms with Crippen LogP contribution in [-0.4, -0.2) is 17.0 Å². The van der Waals surface area contributed by atoms with E-state index in [1.54, 1.807) is 0 Å². The molecule has 4 heteroatoms. The number of benzene rings is 1. The van der Waals surface area contributed by atoms with Gasteiger partial charge in [-0.15, -0.1) is 0 Å². The van der Waals surface area contributed by atoms with Crippen LogP contribution in [0, 0.1) is 12.8 Å². The third kappa shape index (κ3) is 2.30. The number of rotatable bonds is 2. The van der Waals surface area contributed by atoms with Crippen LogP contribution in [0.15, 0.2) is 24.3 Å². The molecule has 1 aromatic rings. The van der Waals surface area contributed by atoms with Gasteiger partial charge in [-0.25, -0.2) is 0 Å². The predicted octanol–water partition coefficient (Wildman–Crippen LogP) is 1.65. The highest BCUT2D eigenvalue weighted by Gasteiger charge is 2.35. The maximum atomic E-state index is 11.4. The molecule has 1 aliphatic heterocycles. The minimum atomic E-state index is -0.849. The topological polar surface area (TPSA) is 66.4 Å². The van der Waals surface area contributed by atoms with Gasteiger partial charge in [0.15, 0.2) is 0 Å². The van der Waals surface area contributed by atoms with Crippen LogP contribution >= 0.6 is 0 Å². The minimum Gasteiger partial charge on any atom is -0.481 e. The Morgan fingerprint density at radius 2 is 2.12 bits per heavy atom. The van der Waals surface area contributed by atoms with Crippen molar-refractivity contribution >= 4 is 11.9 Å². The summed E-state index contributed by atoms with van der Waals surface area (Å²) in [6, 6.07) is 7.16. The summed E-state index contributed by atoms with van der Waals surface area (Å²) in [5.74, 6) is -1.46. The van der Waals surface area contributed by atoms with E-state index in [-0.39, 0.29) is 5.91 Å². The van der Waals surface area contributed by atoms with Crippen LogP contribution in [0.2, 0.25) is 0 Å². The van der Waals surface area contributed by atoms with Gasteiger partial charge >= 0.3 is 5.97 Å². The highest BCUT2D eigenvalue weighted by molar-refractivity contribution is 5.81. The average Bonchev–Trinajstić information content (AvgIpc) is 2.29. The molecule has 1 heterocycles. The molecule has 90 valence electrons. The monoisotopic (exact) mass is 233 g/mol.